The lowest BCUT2D eigenvalue weighted by Crippen LogP contribution is -3.00. The first kappa shape index (κ1) is 31.4. The zero-order valence-corrected chi connectivity index (χ0v) is 21.7. The van der Waals surface area contributed by atoms with Gasteiger partial charge in [-0.1, -0.05) is 75.5 Å². The van der Waals surface area contributed by atoms with Crippen LogP contribution in [0.25, 0.3) is 0 Å². The lowest BCUT2D eigenvalue weighted by molar-refractivity contribution is -0.883. The minimum atomic E-state index is -0.0876. The molecular weight excluding hydrogens is 394 g/mol. The maximum absolute atomic E-state index is 12.1. The lowest BCUT2D eigenvalue weighted by atomic mass is 10.1. The Kier molecular flexibility index (Phi) is 21.1. The summed E-state index contributed by atoms with van der Waals surface area (Å²) in [5, 5.41) is 0. The number of unbranched alkanes of at least 4 members (excludes halogenated alkanes) is 9. The van der Waals surface area contributed by atoms with Gasteiger partial charge in [0.2, 0.25) is 0 Å². The second-order valence-electron chi connectivity index (χ2n) is 9.55. The van der Waals surface area contributed by atoms with E-state index in [0.29, 0.717) is 13.2 Å². The number of hydrogen-bond donors (Lipinski definition) is 0. The second kappa shape index (κ2) is 20.1. The number of hydrogen-bond acceptors (Lipinski definition) is 2. The molecular formula is C26H50ClNO2. The van der Waals surface area contributed by atoms with E-state index in [-0.39, 0.29) is 18.4 Å². The SMILES string of the molecule is CCCCCCCCCCCC[N+](C)(C)CC(=O)OC/C=C(\C)CCC=C(C)C.[Cl-]. The van der Waals surface area contributed by atoms with Crippen molar-refractivity contribution in [2.75, 3.05) is 33.8 Å². The number of carbonyl (C=O) groups is 1. The number of carbonyl (C=O) groups excluding carboxylic acids is 1. The summed E-state index contributed by atoms with van der Waals surface area (Å²) in [5.41, 5.74) is 2.64. The maximum atomic E-state index is 12.1. The molecule has 0 saturated heterocycles. The van der Waals surface area contributed by atoms with Crippen LogP contribution in [0.2, 0.25) is 0 Å². The standard InChI is InChI=1S/C26H50NO2.ClH/c1-7-8-9-10-11-12-13-14-15-16-21-27(5,6)23-26(28)29-22-20-25(4)19-17-18-24(2)3;/h18,20H,7-17,19,21-23H2,1-6H3;1H/q+1;/p-1/b25-20+;. The first-order valence-electron chi connectivity index (χ1n) is 12.0. The minimum Gasteiger partial charge on any atom is -1.00 e. The number of ether oxygens (including phenoxy) is 1. The molecule has 0 aromatic carbocycles. The van der Waals surface area contributed by atoms with E-state index in [1.54, 1.807) is 0 Å². The third-order valence-electron chi connectivity index (χ3n) is 5.44. The number of likely N-dealkylation sites (N-methyl/N-ethyl adjacent to an activating group) is 1. The van der Waals surface area contributed by atoms with E-state index < -0.39 is 0 Å². The number of allylic oxidation sites excluding steroid dienone is 3. The fourth-order valence-electron chi connectivity index (χ4n) is 3.47. The summed E-state index contributed by atoms with van der Waals surface area (Å²) in [6.45, 7) is 10.5. The van der Waals surface area contributed by atoms with Crippen LogP contribution in [-0.2, 0) is 9.53 Å². The molecule has 0 rings (SSSR count). The van der Waals surface area contributed by atoms with E-state index in [0.717, 1.165) is 23.9 Å². The van der Waals surface area contributed by atoms with Gasteiger partial charge in [-0.3, -0.25) is 0 Å². The molecule has 0 spiro atoms. The van der Waals surface area contributed by atoms with Crippen molar-refractivity contribution >= 4 is 5.97 Å². The van der Waals surface area contributed by atoms with Crippen LogP contribution in [0.4, 0.5) is 0 Å². The molecule has 0 N–H and O–H groups in total. The normalized spacial score (nSPS) is 11.7. The Bertz CT molecular complexity index is 479. The quantitative estimate of drug-likeness (QED) is 0.137. The van der Waals surface area contributed by atoms with Crippen LogP contribution >= 0.6 is 0 Å². The highest BCUT2D eigenvalue weighted by Crippen LogP contribution is 2.12. The van der Waals surface area contributed by atoms with Gasteiger partial charge in [0.25, 0.3) is 0 Å². The van der Waals surface area contributed by atoms with Crippen LogP contribution in [0.3, 0.4) is 0 Å². The van der Waals surface area contributed by atoms with Crippen LogP contribution in [0.15, 0.2) is 23.3 Å². The zero-order valence-electron chi connectivity index (χ0n) is 20.9. The molecule has 0 saturated carbocycles. The summed E-state index contributed by atoms with van der Waals surface area (Å²) >= 11 is 0. The molecule has 0 aliphatic heterocycles. The van der Waals surface area contributed by atoms with Crippen molar-refractivity contribution in [2.45, 2.75) is 105 Å². The van der Waals surface area contributed by atoms with E-state index >= 15 is 0 Å². The summed E-state index contributed by atoms with van der Waals surface area (Å²) < 4.78 is 6.15. The van der Waals surface area contributed by atoms with Gasteiger partial charge in [-0.2, -0.15) is 0 Å². The van der Waals surface area contributed by atoms with Crippen LogP contribution in [-0.4, -0.2) is 44.2 Å². The number of quaternary nitrogens is 1. The predicted molar refractivity (Wildman–Crippen MR) is 127 cm³/mol. The molecule has 0 bridgehead atoms. The van der Waals surface area contributed by atoms with Crippen LogP contribution in [0.1, 0.15) is 105 Å². The fourth-order valence-corrected chi connectivity index (χ4v) is 3.47. The Morgan fingerprint density at radius 3 is 1.90 bits per heavy atom. The molecule has 0 heterocycles. The monoisotopic (exact) mass is 443 g/mol. The smallest absolute Gasteiger partial charge is 0.362 e. The highest BCUT2D eigenvalue weighted by molar-refractivity contribution is 5.70. The Morgan fingerprint density at radius 2 is 1.37 bits per heavy atom. The molecule has 0 radical (unpaired) electrons. The molecule has 0 aliphatic rings. The van der Waals surface area contributed by atoms with Crippen molar-refractivity contribution in [3.63, 3.8) is 0 Å². The summed E-state index contributed by atoms with van der Waals surface area (Å²) in [5.74, 6) is -0.0876. The van der Waals surface area contributed by atoms with E-state index in [1.807, 2.05) is 6.08 Å². The first-order valence-corrected chi connectivity index (χ1v) is 12.0. The van der Waals surface area contributed by atoms with Gasteiger partial charge in [0.1, 0.15) is 6.61 Å². The molecule has 0 aromatic heterocycles. The van der Waals surface area contributed by atoms with Gasteiger partial charge in [0.05, 0.1) is 20.6 Å². The van der Waals surface area contributed by atoms with Gasteiger partial charge >= 0.3 is 5.97 Å². The van der Waals surface area contributed by atoms with Gasteiger partial charge in [-0.05, 0) is 52.5 Å². The van der Waals surface area contributed by atoms with E-state index in [1.165, 1.54) is 75.4 Å². The number of esters is 1. The van der Waals surface area contributed by atoms with Crippen LogP contribution in [0, 0.1) is 0 Å². The van der Waals surface area contributed by atoms with Crippen molar-refractivity contribution in [2.24, 2.45) is 0 Å². The molecule has 0 atom stereocenters. The van der Waals surface area contributed by atoms with E-state index in [2.05, 4.69) is 47.9 Å². The molecule has 0 fully saturated rings. The second-order valence-corrected chi connectivity index (χ2v) is 9.55. The third-order valence-corrected chi connectivity index (χ3v) is 5.44. The van der Waals surface area contributed by atoms with Gasteiger partial charge in [-0.25, -0.2) is 4.79 Å². The maximum Gasteiger partial charge on any atom is 0.362 e. The van der Waals surface area contributed by atoms with Crippen molar-refractivity contribution in [1.82, 2.24) is 0 Å². The molecule has 4 heteroatoms. The number of nitrogens with zero attached hydrogens (tertiary/aromatic N) is 1. The molecule has 0 aliphatic carbocycles. The highest BCUT2D eigenvalue weighted by Gasteiger charge is 2.20. The Balaban J connectivity index is 0. The topological polar surface area (TPSA) is 26.3 Å². The highest BCUT2D eigenvalue weighted by atomic mass is 35.5. The number of halogens is 1. The van der Waals surface area contributed by atoms with Crippen molar-refractivity contribution in [1.29, 1.82) is 0 Å². The van der Waals surface area contributed by atoms with Crippen molar-refractivity contribution in [3.8, 4) is 0 Å². The summed E-state index contributed by atoms with van der Waals surface area (Å²) in [4.78, 5) is 12.1. The first-order chi connectivity index (χ1) is 13.8. The fraction of sp³-hybridized carbons (Fsp3) is 0.808. The summed E-state index contributed by atoms with van der Waals surface area (Å²) in [6, 6.07) is 0. The van der Waals surface area contributed by atoms with E-state index in [4.69, 9.17) is 4.74 Å². The van der Waals surface area contributed by atoms with Gasteiger partial charge in [0, 0.05) is 0 Å². The predicted octanol–water partition coefficient (Wildman–Crippen LogP) is 4.22. The molecule has 178 valence electrons. The largest absolute Gasteiger partial charge is 1.00 e. The average Bonchev–Trinajstić information content (AvgIpc) is 2.62. The van der Waals surface area contributed by atoms with E-state index in [9.17, 15) is 4.79 Å². The molecule has 0 unspecified atom stereocenters. The Morgan fingerprint density at radius 1 is 0.833 bits per heavy atom. The molecule has 30 heavy (non-hydrogen) atoms. The number of rotatable bonds is 18. The van der Waals surface area contributed by atoms with Crippen molar-refractivity contribution in [3.05, 3.63) is 23.3 Å². The third kappa shape index (κ3) is 21.9. The van der Waals surface area contributed by atoms with Crippen LogP contribution < -0.4 is 12.4 Å². The zero-order chi connectivity index (χ0) is 22.0. The van der Waals surface area contributed by atoms with Gasteiger partial charge < -0.3 is 21.6 Å². The van der Waals surface area contributed by atoms with Gasteiger partial charge in [-0.15, -0.1) is 0 Å². The Labute approximate surface area is 194 Å². The molecule has 0 aromatic rings. The lowest BCUT2D eigenvalue weighted by Gasteiger charge is -2.28. The van der Waals surface area contributed by atoms with Crippen LogP contribution in [0.5, 0.6) is 0 Å². The Hall–Kier alpha value is -0.800. The van der Waals surface area contributed by atoms with Crippen molar-refractivity contribution < 1.29 is 26.4 Å². The molecule has 3 nitrogen and oxygen atoms in total. The van der Waals surface area contributed by atoms with Gasteiger partial charge in [0.15, 0.2) is 6.54 Å². The molecule has 0 amide bonds. The average molecular weight is 444 g/mol. The minimum absolute atomic E-state index is 0. The summed E-state index contributed by atoms with van der Waals surface area (Å²) in [6.07, 6.45) is 19.9. The summed E-state index contributed by atoms with van der Waals surface area (Å²) in [7, 11) is 4.27.